The van der Waals surface area contributed by atoms with E-state index < -0.39 is 10.0 Å². The second-order valence-corrected chi connectivity index (χ2v) is 9.39. The number of hydrogen-bond acceptors (Lipinski definition) is 4. The van der Waals surface area contributed by atoms with Crippen LogP contribution in [-0.4, -0.2) is 44.2 Å². The zero-order chi connectivity index (χ0) is 21.9. The summed E-state index contributed by atoms with van der Waals surface area (Å²) in [6.07, 6.45) is 2.75. The normalized spacial score (nSPS) is 17.4. The molecular formula is C22H27N3O4S. The van der Waals surface area contributed by atoms with E-state index in [1.807, 2.05) is 6.92 Å². The number of carbonyl (C=O) groups is 2. The highest BCUT2D eigenvalue weighted by molar-refractivity contribution is 7.89. The summed E-state index contributed by atoms with van der Waals surface area (Å²) in [5.41, 5.74) is 2.00. The predicted octanol–water partition coefficient (Wildman–Crippen LogP) is 3.17. The molecule has 1 unspecified atom stereocenters. The molecule has 7 nitrogen and oxygen atoms in total. The van der Waals surface area contributed by atoms with Gasteiger partial charge >= 0.3 is 0 Å². The second-order valence-electron chi connectivity index (χ2n) is 7.50. The van der Waals surface area contributed by atoms with E-state index >= 15 is 0 Å². The number of piperidine rings is 1. The number of nitrogens with one attached hydrogen (secondary N) is 2. The molecule has 0 bridgehead atoms. The fraction of sp³-hybridized carbons (Fsp3) is 0.364. The molecule has 0 aliphatic carbocycles. The maximum Gasteiger partial charge on any atom is 0.255 e. The van der Waals surface area contributed by atoms with Crippen molar-refractivity contribution in [3.05, 3.63) is 59.2 Å². The standard InChI is InChI=1S/C22H27N3O4S/c1-15-7-4-5-14-25(15)30(28,29)18-12-10-17(11-13-18)21(26)24-20-9-6-8-19(16(20)2)22(27)23-3/h6,8-13,15H,4-5,7,14H2,1-3H3,(H,23,27)(H,24,26). The van der Waals surface area contributed by atoms with Crippen LogP contribution in [0.5, 0.6) is 0 Å². The Balaban J connectivity index is 1.78. The summed E-state index contributed by atoms with van der Waals surface area (Å²) in [6.45, 7) is 4.20. The van der Waals surface area contributed by atoms with E-state index in [0.29, 0.717) is 28.9 Å². The number of amides is 2. The van der Waals surface area contributed by atoms with E-state index in [2.05, 4.69) is 10.6 Å². The number of hydrogen-bond donors (Lipinski definition) is 2. The van der Waals surface area contributed by atoms with Crippen molar-refractivity contribution >= 4 is 27.5 Å². The molecule has 0 saturated carbocycles. The van der Waals surface area contributed by atoms with Gasteiger partial charge in [0.05, 0.1) is 4.90 Å². The minimum absolute atomic E-state index is 0.0257. The van der Waals surface area contributed by atoms with Crippen molar-refractivity contribution in [1.82, 2.24) is 9.62 Å². The van der Waals surface area contributed by atoms with Crippen molar-refractivity contribution < 1.29 is 18.0 Å². The molecule has 0 aromatic heterocycles. The summed E-state index contributed by atoms with van der Waals surface area (Å²) in [5, 5.41) is 5.37. The Bertz CT molecular complexity index is 1050. The third-order valence-corrected chi connectivity index (χ3v) is 7.55. The van der Waals surface area contributed by atoms with Crippen molar-refractivity contribution in [2.45, 2.75) is 44.0 Å². The molecule has 30 heavy (non-hydrogen) atoms. The molecule has 1 atom stereocenters. The van der Waals surface area contributed by atoms with E-state index in [4.69, 9.17) is 0 Å². The third kappa shape index (κ3) is 4.39. The van der Waals surface area contributed by atoms with Crippen molar-refractivity contribution in [2.24, 2.45) is 0 Å². The first-order valence-corrected chi connectivity index (χ1v) is 11.4. The lowest BCUT2D eigenvalue weighted by Gasteiger charge is -2.32. The zero-order valence-electron chi connectivity index (χ0n) is 17.4. The highest BCUT2D eigenvalue weighted by Crippen LogP contribution is 2.25. The summed E-state index contributed by atoms with van der Waals surface area (Å²) in [6, 6.07) is 11.0. The van der Waals surface area contributed by atoms with Gasteiger partial charge in [0.1, 0.15) is 0 Å². The Morgan fingerprint density at radius 2 is 1.73 bits per heavy atom. The van der Waals surface area contributed by atoms with Gasteiger partial charge in [0, 0.05) is 36.4 Å². The minimum Gasteiger partial charge on any atom is -0.355 e. The van der Waals surface area contributed by atoms with Crippen molar-refractivity contribution in [1.29, 1.82) is 0 Å². The second kappa shape index (κ2) is 8.97. The Hall–Kier alpha value is -2.71. The molecule has 3 rings (SSSR count). The van der Waals surface area contributed by atoms with E-state index in [-0.39, 0.29) is 22.8 Å². The molecule has 1 heterocycles. The van der Waals surface area contributed by atoms with Crippen LogP contribution in [0.4, 0.5) is 5.69 Å². The molecule has 0 spiro atoms. The average molecular weight is 430 g/mol. The summed E-state index contributed by atoms with van der Waals surface area (Å²) < 4.78 is 27.4. The lowest BCUT2D eigenvalue weighted by Crippen LogP contribution is -2.41. The van der Waals surface area contributed by atoms with Crippen LogP contribution >= 0.6 is 0 Å². The van der Waals surface area contributed by atoms with Gasteiger partial charge in [0.25, 0.3) is 11.8 Å². The Labute approximate surface area is 177 Å². The van der Waals surface area contributed by atoms with Crippen LogP contribution in [0, 0.1) is 6.92 Å². The van der Waals surface area contributed by atoms with Crippen LogP contribution in [-0.2, 0) is 10.0 Å². The predicted molar refractivity (Wildman–Crippen MR) is 116 cm³/mol. The summed E-state index contributed by atoms with van der Waals surface area (Å²) in [7, 11) is -2.03. The van der Waals surface area contributed by atoms with E-state index in [1.165, 1.54) is 24.3 Å². The largest absolute Gasteiger partial charge is 0.355 e. The molecule has 1 aliphatic rings. The van der Waals surface area contributed by atoms with Crippen LogP contribution in [0.3, 0.4) is 0 Å². The van der Waals surface area contributed by atoms with Gasteiger partial charge in [-0.05, 0) is 68.7 Å². The first-order valence-electron chi connectivity index (χ1n) is 10.0. The van der Waals surface area contributed by atoms with Gasteiger partial charge in [0.15, 0.2) is 0 Å². The van der Waals surface area contributed by atoms with Crippen molar-refractivity contribution in [3.63, 3.8) is 0 Å². The maximum absolute atomic E-state index is 12.9. The lowest BCUT2D eigenvalue weighted by molar-refractivity contribution is 0.0960. The van der Waals surface area contributed by atoms with Crippen LogP contribution in [0.2, 0.25) is 0 Å². The number of benzene rings is 2. The summed E-state index contributed by atoms with van der Waals surface area (Å²) in [4.78, 5) is 24.8. The number of nitrogens with zero attached hydrogens (tertiary/aromatic N) is 1. The van der Waals surface area contributed by atoms with Crippen LogP contribution < -0.4 is 10.6 Å². The smallest absolute Gasteiger partial charge is 0.255 e. The average Bonchev–Trinajstić information content (AvgIpc) is 2.75. The minimum atomic E-state index is -3.58. The van der Waals surface area contributed by atoms with Gasteiger partial charge in [0.2, 0.25) is 10.0 Å². The fourth-order valence-electron chi connectivity index (χ4n) is 3.69. The maximum atomic E-state index is 12.9. The van der Waals surface area contributed by atoms with E-state index in [1.54, 1.807) is 36.5 Å². The van der Waals surface area contributed by atoms with Crippen molar-refractivity contribution in [3.8, 4) is 0 Å². The van der Waals surface area contributed by atoms with Crippen LogP contribution in [0.15, 0.2) is 47.4 Å². The molecule has 160 valence electrons. The van der Waals surface area contributed by atoms with Gasteiger partial charge in [-0.25, -0.2) is 8.42 Å². The molecule has 2 aromatic carbocycles. The number of rotatable bonds is 5. The number of sulfonamides is 1. The molecule has 8 heteroatoms. The van der Waals surface area contributed by atoms with E-state index in [0.717, 1.165) is 19.3 Å². The fourth-order valence-corrected chi connectivity index (χ4v) is 5.39. The third-order valence-electron chi connectivity index (χ3n) is 5.52. The Morgan fingerprint density at radius 3 is 2.37 bits per heavy atom. The molecular weight excluding hydrogens is 402 g/mol. The highest BCUT2D eigenvalue weighted by Gasteiger charge is 2.30. The SMILES string of the molecule is CNC(=O)c1cccc(NC(=O)c2ccc(S(=O)(=O)N3CCCCC3C)cc2)c1C. The first-order chi connectivity index (χ1) is 14.3. The summed E-state index contributed by atoms with van der Waals surface area (Å²) >= 11 is 0. The van der Waals surface area contributed by atoms with Gasteiger partial charge in [-0.1, -0.05) is 12.5 Å². The number of anilines is 1. The lowest BCUT2D eigenvalue weighted by atomic mass is 10.1. The molecule has 1 saturated heterocycles. The molecule has 2 N–H and O–H groups in total. The summed E-state index contributed by atoms with van der Waals surface area (Å²) in [5.74, 6) is -0.604. The van der Waals surface area contributed by atoms with Gasteiger partial charge in [-0.2, -0.15) is 4.31 Å². The molecule has 2 aromatic rings. The molecule has 0 radical (unpaired) electrons. The molecule has 2 amide bonds. The number of carbonyl (C=O) groups excluding carboxylic acids is 2. The monoisotopic (exact) mass is 429 g/mol. The Kier molecular flexibility index (Phi) is 6.58. The van der Waals surface area contributed by atoms with Crippen LogP contribution in [0.1, 0.15) is 52.5 Å². The molecule has 1 fully saturated rings. The molecule has 1 aliphatic heterocycles. The van der Waals surface area contributed by atoms with E-state index in [9.17, 15) is 18.0 Å². The van der Waals surface area contributed by atoms with Gasteiger partial charge < -0.3 is 10.6 Å². The highest BCUT2D eigenvalue weighted by atomic mass is 32.2. The Morgan fingerprint density at radius 1 is 1.03 bits per heavy atom. The van der Waals surface area contributed by atoms with Crippen molar-refractivity contribution in [2.75, 3.05) is 18.9 Å². The quantitative estimate of drug-likeness (QED) is 0.763. The van der Waals surface area contributed by atoms with Gasteiger partial charge in [-0.3, -0.25) is 9.59 Å². The topological polar surface area (TPSA) is 95.6 Å². The first kappa shape index (κ1) is 22.0. The van der Waals surface area contributed by atoms with Gasteiger partial charge in [-0.15, -0.1) is 0 Å². The zero-order valence-corrected chi connectivity index (χ0v) is 18.3. The van der Waals surface area contributed by atoms with Crippen LogP contribution in [0.25, 0.3) is 0 Å².